The zero-order valence-electron chi connectivity index (χ0n) is 13.7. The molecular weight excluding hydrogens is 400 g/mol. The average Bonchev–Trinajstić information content (AvgIpc) is 2.59. The number of aliphatic carboxylic acids is 3. The zero-order chi connectivity index (χ0) is 20.7. The lowest BCUT2D eigenvalue weighted by Gasteiger charge is -2.15. The molecule has 148 valence electrons. The molecule has 0 aliphatic heterocycles. The minimum atomic E-state index is -1.26. The van der Waals surface area contributed by atoms with Crippen LogP contribution >= 0.6 is 23.5 Å². The number of hydrogen-bond acceptors (Lipinski definition) is 9. The van der Waals surface area contributed by atoms with Crippen molar-refractivity contribution in [1.29, 1.82) is 0 Å². The SMILES string of the molecule is N[C@H](CSc1cc(/C=C/C(=O)O)c(SC[C@@H](N)C(=O)O)c(O)c1O)C(=O)O. The molecule has 0 bridgehead atoms. The molecule has 1 rings (SSSR count). The highest BCUT2D eigenvalue weighted by atomic mass is 32.2. The van der Waals surface area contributed by atoms with Crippen molar-refractivity contribution >= 4 is 47.5 Å². The molecule has 1 aromatic rings. The Balaban J connectivity index is 3.24. The van der Waals surface area contributed by atoms with Gasteiger partial charge in [-0.25, -0.2) is 4.79 Å². The van der Waals surface area contributed by atoms with Crippen molar-refractivity contribution in [2.75, 3.05) is 11.5 Å². The highest BCUT2D eigenvalue weighted by Crippen LogP contribution is 2.45. The molecule has 27 heavy (non-hydrogen) atoms. The molecule has 10 nitrogen and oxygen atoms in total. The maximum Gasteiger partial charge on any atom is 0.328 e. The van der Waals surface area contributed by atoms with Gasteiger partial charge in [-0.3, -0.25) is 9.59 Å². The largest absolute Gasteiger partial charge is 0.503 e. The molecule has 0 aliphatic rings. The lowest BCUT2D eigenvalue weighted by molar-refractivity contribution is -0.138. The summed E-state index contributed by atoms with van der Waals surface area (Å²) >= 11 is 1.68. The van der Waals surface area contributed by atoms with Crippen molar-refractivity contribution in [3.8, 4) is 11.5 Å². The summed E-state index contributed by atoms with van der Waals surface area (Å²) in [6, 6.07) is -1.12. The summed E-state index contributed by atoms with van der Waals surface area (Å²) in [6.45, 7) is 0. The van der Waals surface area contributed by atoms with E-state index >= 15 is 0 Å². The molecule has 0 saturated carbocycles. The van der Waals surface area contributed by atoms with E-state index in [1.54, 1.807) is 0 Å². The number of benzene rings is 1. The van der Waals surface area contributed by atoms with Crippen molar-refractivity contribution in [3.63, 3.8) is 0 Å². The predicted molar refractivity (Wildman–Crippen MR) is 99.1 cm³/mol. The monoisotopic (exact) mass is 418 g/mol. The molecular formula is C15H18N2O8S2. The molecule has 0 amide bonds. The van der Waals surface area contributed by atoms with E-state index in [-0.39, 0.29) is 26.9 Å². The number of nitrogens with two attached hydrogens (primary N) is 2. The van der Waals surface area contributed by atoms with Gasteiger partial charge >= 0.3 is 17.9 Å². The van der Waals surface area contributed by atoms with E-state index in [1.165, 1.54) is 6.07 Å². The number of phenolic OH excluding ortho intramolecular Hbond substituents is 2. The highest BCUT2D eigenvalue weighted by Gasteiger charge is 2.21. The first kappa shape index (κ1) is 22.6. The minimum absolute atomic E-state index is 0.0357. The van der Waals surface area contributed by atoms with Crippen LogP contribution in [0, 0.1) is 0 Å². The molecule has 0 aliphatic carbocycles. The quantitative estimate of drug-likeness (QED) is 0.155. The number of hydrogen-bond donors (Lipinski definition) is 7. The van der Waals surface area contributed by atoms with E-state index < -0.39 is 41.5 Å². The number of aromatic hydroxyl groups is 2. The molecule has 0 fully saturated rings. The fourth-order valence-corrected chi connectivity index (χ4v) is 3.64. The van der Waals surface area contributed by atoms with Crippen LogP contribution in [0.2, 0.25) is 0 Å². The number of rotatable bonds is 10. The summed E-state index contributed by atoms with van der Waals surface area (Å²) in [4.78, 5) is 32.5. The Morgan fingerprint density at radius 3 is 1.96 bits per heavy atom. The Labute approximate surface area is 161 Å². The van der Waals surface area contributed by atoms with E-state index in [1.807, 2.05) is 0 Å². The Morgan fingerprint density at radius 1 is 0.963 bits per heavy atom. The standard InChI is InChI=1S/C15H18N2O8S2/c16-7(14(22)23)4-26-9-3-6(1-2-10(18)19)13(12(21)11(9)20)27-5-8(17)15(24)25/h1-3,7-8,20-21H,4-5,16-17H2,(H,18,19)(H,22,23)(H,24,25)/b2-1+/t7-,8-/m1/s1. The summed E-state index contributed by atoms with van der Waals surface area (Å²) in [5, 5.41) is 46.8. The van der Waals surface area contributed by atoms with E-state index in [0.29, 0.717) is 0 Å². The second-order valence-corrected chi connectivity index (χ2v) is 7.27. The van der Waals surface area contributed by atoms with Gasteiger partial charge in [0.15, 0.2) is 11.5 Å². The number of carboxylic acids is 3. The second kappa shape index (κ2) is 10.1. The van der Waals surface area contributed by atoms with Crippen LogP contribution in [0.15, 0.2) is 21.9 Å². The van der Waals surface area contributed by atoms with Gasteiger partial charge in [0.25, 0.3) is 0 Å². The summed E-state index contributed by atoms with van der Waals surface area (Å²) in [7, 11) is 0. The van der Waals surface area contributed by atoms with Crippen LogP contribution in [0.1, 0.15) is 5.56 Å². The van der Waals surface area contributed by atoms with E-state index in [0.717, 1.165) is 35.7 Å². The third-order valence-corrected chi connectivity index (χ3v) is 5.48. The van der Waals surface area contributed by atoms with E-state index in [2.05, 4.69) is 0 Å². The highest BCUT2D eigenvalue weighted by molar-refractivity contribution is 8.00. The van der Waals surface area contributed by atoms with Crippen molar-refractivity contribution in [2.24, 2.45) is 11.5 Å². The van der Waals surface area contributed by atoms with Gasteiger partial charge in [0.2, 0.25) is 0 Å². The Hall–Kier alpha value is -2.41. The molecule has 0 spiro atoms. The zero-order valence-corrected chi connectivity index (χ0v) is 15.4. The van der Waals surface area contributed by atoms with Gasteiger partial charge in [-0.15, -0.1) is 23.5 Å². The minimum Gasteiger partial charge on any atom is -0.503 e. The van der Waals surface area contributed by atoms with Crippen LogP contribution in [0.5, 0.6) is 11.5 Å². The number of carboxylic acid groups (broad SMARTS) is 3. The molecule has 2 atom stereocenters. The van der Waals surface area contributed by atoms with Crippen LogP contribution in [0.3, 0.4) is 0 Å². The fraction of sp³-hybridized carbons (Fsp3) is 0.267. The predicted octanol–water partition coefficient (Wildman–Crippen LogP) is 0.204. The molecule has 0 radical (unpaired) electrons. The van der Waals surface area contributed by atoms with Gasteiger partial charge in [0.1, 0.15) is 12.1 Å². The third kappa shape index (κ3) is 6.67. The van der Waals surface area contributed by atoms with Crippen LogP contribution < -0.4 is 11.5 Å². The maximum absolute atomic E-state index is 10.8. The van der Waals surface area contributed by atoms with Crippen molar-refractivity contribution < 1.29 is 39.9 Å². The van der Waals surface area contributed by atoms with Gasteiger partial charge < -0.3 is 37.0 Å². The smallest absolute Gasteiger partial charge is 0.328 e. The molecule has 12 heteroatoms. The second-order valence-electron chi connectivity index (χ2n) is 5.17. The summed E-state index contributed by atoms with van der Waals surface area (Å²) in [6.07, 6.45) is 1.95. The van der Waals surface area contributed by atoms with Gasteiger partial charge in [-0.1, -0.05) is 0 Å². The van der Waals surface area contributed by atoms with Crippen LogP contribution in [0.25, 0.3) is 6.08 Å². The topological polar surface area (TPSA) is 204 Å². The third-order valence-electron chi connectivity index (χ3n) is 3.09. The lowest BCUT2D eigenvalue weighted by Crippen LogP contribution is -2.32. The van der Waals surface area contributed by atoms with Crippen molar-refractivity contribution in [2.45, 2.75) is 21.9 Å². The van der Waals surface area contributed by atoms with Crippen LogP contribution in [0.4, 0.5) is 0 Å². The van der Waals surface area contributed by atoms with E-state index in [9.17, 15) is 24.6 Å². The van der Waals surface area contributed by atoms with Crippen molar-refractivity contribution in [1.82, 2.24) is 0 Å². The number of thioether (sulfide) groups is 2. The van der Waals surface area contributed by atoms with E-state index in [4.69, 9.17) is 26.8 Å². The summed E-state index contributed by atoms with van der Waals surface area (Å²) < 4.78 is 0. The molecule has 0 heterocycles. The number of carbonyl (C=O) groups is 3. The van der Waals surface area contributed by atoms with Gasteiger partial charge in [0, 0.05) is 17.6 Å². The van der Waals surface area contributed by atoms with Crippen LogP contribution in [-0.4, -0.2) is 67.0 Å². The first-order valence-corrected chi connectivity index (χ1v) is 9.24. The Kier molecular flexibility index (Phi) is 8.43. The first-order valence-electron chi connectivity index (χ1n) is 7.26. The molecule has 1 aromatic carbocycles. The Bertz CT molecular complexity index is 769. The molecule has 9 N–H and O–H groups in total. The van der Waals surface area contributed by atoms with Crippen LogP contribution in [-0.2, 0) is 14.4 Å². The normalized spacial score (nSPS) is 13.4. The summed E-state index contributed by atoms with van der Waals surface area (Å²) in [5.74, 6) is -5.18. The first-order chi connectivity index (χ1) is 12.5. The molecule has 0 unspecified atom stereocenters. The van der Waals surface area contributed by atoms with Gasteiger partial charge in [-0.05, 0) is 17.7 Å². The van der Waals surface area contributed by atoms with Gasteiger partial charge in [0.05, 0.1) is 9.79 Å². The average molecular weight is 418 g/mol. The lowest BCUT2D eigenvalue weighted by atomic mass is 10.2. The summed E-state index contributed by atoms with van der Waals surface area (Å²) in [5.41, 5.74) is 11.0. The fourth-order valence-electron chi connectivity index (χ4n) is 1.68. The molecule has 0 saturated heterocycles. The maximum atomic E-state index is 10.8. The Morgan fingerprint density at radius 2 is 1.48 bits per heavy atom. The van der Waals surface area contributed by atoms with Gasteiger partial charge in [-0.2, -0.15) is 0 Å². The molecule has 0 aromatic heterocycles. The number of phenols is 2. The van der Waals surface area contributed by atoms with Crippen molar-refractivity contribution in [3.05, 3.63) is 17.7 Å².